The number of carbonyl (C=O) groups excluding carboxylic acids is 1. The lowest BCUT2D eigenvalue weighted by Gasteiger charge is -2.32. The molecule has 9 heteroatoms. The first kappa shape index (κ1) is 20.7. The molecule has 1 saturated heterocycles. The van der Waals surface area contributed by atoms with Gasteiger partial charge in [0.25, 0.3) is 5.91 Å². The second-order valence-corrected chi connectivity index (χ2v) is 7.37. The zero-order valence-electron chi connectivity index (χ0n) is 17.7. The number of hydrogen-bond donors (Lipinski definition) is 2. The molecule has 0 atom stereocenters. The summed E-state index contributed by atoms with van der Waals surface area (Å²) in [5, 5.41) is 5.98. The molecule has 3 heterocycles. The number of rotatable bonds is 6. The molecule has 0 bridgehead atoms. The summed E-state index contributed by atoms with van der Waals surface area (Å²) < 4.78 is 0. The van der Waals surface area contributed by atoms with Crippen molar-refractivity contribution in [2.45, 2.75) is 13.3 Å². The molecule has 3 aromatic rings. The van der Waals surface area contributed by atoms with Crippen LogP contribution in [0.15, 0.2) is 48.5 Å². The lowest BCUT2D eigenvalue weighted by atomic mass is 10.3. The molecular formula is C22H26N8O. The minimum atomic E-state index is -0.280. The molecule has 0 aliphatic carbocycles. The van der Waals surface area contributed by atoms with Gasteiger partial charge in [0.2, 0.25) is 11.9 Å². The number of piperazine rings is 1. The van der Waals surface area contributed by atoms with Crippen LogP contribution >= 0.6 is 0 Å². The van der Waals surface area contributed by atoms with Crippen LogP contribution in [0.2, 0.25) is 0 Å². The van der Waals surface area contributed by atoms with E-state index in [1.807, 2.05) is 37.3 Å². The van der Waals surface area contributed by atoms with Crippen molar-refractivity contribution in [3.63, 3.8) is 0 Å². The summed E-state index contributed by atoms with van der Waals surface area (Å²) in [6.07, 6.45) is 0.699. The highest BCUT2D eigenvalue weighted by Gasteiger charge is 2.18. The average Bonchev–Trinajstić information content (AvgIpc) is 2.80. The predicted octanol–water partition coefficient (Wildman–Crippen LogP) is 2.58. The Hall–Kier alpha value is -3.59. The molecule has 0 unspecified atom stereocenters. The first-order valence-corrected chi connectivity index (χ1v) is 10.4. The number of aryl methyl sites for hydroxylation is 1. The van der Waals surface area contributed by atoms with Gasteiger partial charge in [-0.1, -0.05) is 31.2 Å². The van der Waals surface area contributed by atoms with Gasteiger partial charge in [-0.3, -0.25) is 4.79 Å². The van der Waals surface area contributed by atoms with Crippen molar-refractivity contribution >= 4 is 29.3 Å². The van der Waals surface area contributed by atoms with Crippen molar-refractivity contribution in [1.29, 1.82) is 0 Å². The molecule has 1 aromatic carbocycles. The van der Waals surface area contributed by atoms with Crippen molar-refractivity contribution in [2.75, 3.05) is 48.8 Å². The fourth-order valence-electron chi connectivity index (χ4n) is 3.23. The second kappa shape index (κ2) is 9.48. The van der Waals surface area contributed by atoms with Crippen LogP contribution in [0.3, 0.4) is 0 Å². The summed E-state index contributed by atoms with van der Waals surface area (Å²) in [7, 11) is 2.11. The number of nitrogens with one attached hydrogen (secondary N) is 2. The van der Waals surface area contributed by atoms with Gasteiger partial charge < -0.3 is 20.4 Å². The maximum absolute atomic E-state index is 12.6. The molecule has 0 spiro atoms. The molecule has 4 rings (SSSR count). The summed E-state index contributed by atoms with van der Waals surface area (Å²) in [6, 6.07) is 14.5. The Bertz CT molecular complexity index is 1030. The maximum atomic E-state index is 12.6. The highest BCUT2D eigenvalue weighted by atomic mass is 16.1. The number of amides is 1. The van der Waals surface area contributed by atoms with Crippen LogP contribution in [0, 0.1) is 0 Å². The van der Waals surface area contributed by atoms with Crippen LogP contribution in [0.1, 0.15) is 23.2 Å². The van der Waals surface area contributed by atoms with E-state index >= 15 is 0 Å². The number of benzene rings is 1. The van der Waals surface area contributed by atoms with Crippen molar-refractivity contribution in [2.24, 2.45) is 0 Å². The number of para-hydroxylation sites is 1. The Morgan fingerprint density at radius 1 is 0.935 bits per heavy atom. The van der Waals surface area contributed by atoms with E-state index in [1.165, 1.54) is 0 Å². The average molecular weight is 419 g/mol. The predicted molar refractivity (Wildman–Crippen MR) is 121 cm³/mol. The number of likely N-dealkylation sites (N-methyl/N-ethyl adjacent to an activating group) is 1. The first-order valence-electron chi connectivity index (χ1n) is 10.4. The van der Waals surface area contributed by atoms with Crippen molar-refractivity contribution in [3.05, 3.63) is 60.0 Å². The van der Waals surface area contributed by atoms with Gasteiger partial charge in [0, 0.05) is 38.3 Å². The standard InChI is InChI=1S/C22H26N8O/c1-3-18-25-21(28-22(27-18)30-14-12-29(2)13-15-30)26-19-11-7-10-17(24-19)20(31)23-16-8-5-4-6-9-16/h4-11H,3,12-15H2,1-2H3,(H,23,31)(H,24,25,26,27,28). The van der Waals surface area contributed by atoms with Crippen molar-refractivity contribution in [3.8, 4) is 0 Å². The van der Waals surface area contributed by atoms with Gasteiger partial charge in [0.15, 0.2) is 0 Å². The quantitative estimate of drug-likeness (QED) is 0.630. The molecule has 160 valence electrons. The van der Waals surface area contributed by atoms with Crippen molar-refractivity contribution in [1.82, 2.24) is 24.8 Å². The lowest BCUT2D eigenvalue weighted by Crippen LogP contribution is -2.45. The fourth-order valence-corrected chi connectivity index (χ4v) is 3.23. The minimum Gasteiger partial charge on any atom is -0.338 e. The normalized spacial score (nSPS) is 14.3. The second-order valence-electron chi connectivity index (χ2n) is 7.37. The summed E-state index contributed by atoms with van der Waals surface area (Å²) in [5.41, 5.74) is 1.02. The SMILES string of the molecule is CCc1nc(Nc2cccc(C(=O)Nc3ccccc3)n2)nc(N2CCN(C)CC2)n1. The number of nitrogens with zero attached hydrogens (tertiary/aromatic N) is 6. The van der Waals surface area contributed by atoms with E-state index < -0.39 is 0 Å². The van der Waals surface area contributed by atoms with E-state index in [0.717, 1.165) is 31.9 Å². The third-order valence-corrected chi connectivity index (χ3v) is 5.03. The van der Waals surface area contributed by atoms with E-state index in [0.29, 0.717) is 35.7 Å². The first-order chi connectivity index (χ1) is 15.1. The molecule has 31 heavy (non-hydrogen) atoms. The Kier molecular flexibility index (Phi) is 6.32. The summed E-state index contributed by atoms with van der Waals surface area (Å²) >= 11 is 0. The van der Waals surface area contributed by atoms with E-state index in [4.69, 9.17) is 0 Å². The Morgan fingerprint density at radius 2 is 1.71 bits per heavy atom. The summed E-state index contributed by atoms with van der Waals surface area (Å²) in [5.74, 6) is 2.02. The molecule has 1 amide bonds. The molecule has 0 radical (unpaired) electrons. The summed E-state index contributed by atoms with van der Waals surface area (Å²) in [4.78, 5) is 35.1. The molecular weight excluding hydrogens is 392 g/mol. The number of carbonyl (C=O) groups is 1. The van der Waals surface area contributed by atoms with Crippen LogP contribution in [-0.4, -0.2) is 64.0 Å². The molecule has 2 aromatic heterocycles. The van der Waals surface area contributed by atoms with Gasteiger partial charge in [-0.05, 0) is 31.3 Å². The monoisotopic (exact) mass is 418 g/mol. The smallest absolute Gasteiger partial charge is 0.274 e. The van der Waals surface area contributed by atoms with Gasteiger partial charge >= 0.3 is 0 Å². The highest BCUT2D eigenvalue weighted by molar-refractivity contribution is 6.03. The molecule has 1 aliphatic rings. The van der Waals surface area contributed by atoms with Crippen LogP contribution in [0.5, 0.6) is 0 Å². The van der Waals surface area contributed by atoms with Crippen molar-refractivity contribution < 1.29 is 4.79 Å². The number of hydrogen-bond acceptors (Lipinski definition) is 8. The Labute approximate surface area is 181 Å². The zero-order valence-corrected chi connectivity index (χ0v) is 17.7. The zero-order chi connectivity index (χ0) is 21.6. The van der Waals surface area contributed by atoms with E-state index in [2.05, 4.69) is 47.4 Å². The van der Waals surface area contributed by atoms with Gasteiger partial charge in [0.1, 0.15) is 17.3 Å². The molecule has 0 saturated carbocycles. The fraction of sp³-hybridized carbons (Fsp3) is 0.318. The Balaban J connectivity index is 1.51. The van der Waals surface area contributed by atoms with Crippen LogP contribution < -0.4 is 15.5 Å². The molecule has 1 aliphatic heterocycles. The van der Waals surface area contributed by atoms with Crippen LogP contribution in [0.25, 0.3) is 0 Å². The third kappa shape index (κ3) is 5.32. The lowest BCUT2D eigenvalue weighted by molar-refractivity contribution is 0.102. The third-order valence-electron chi connectivity index (χ3n) is 5.03. The van der Waals surface area contributed by atoms with Crippen LogP contribution in [0.4, 0.5) is 23.4 Å². The van der Waals surface area contributed by atoms with Gasteiger partial charge in [-0.25, -0.2) is 4.98 Å². The van der Waals surface area contributed by atoms with Crippen LogP contribution in [-0.2, 0) is 6.42 Å². The number of pyridine rings is 1. The molecule has 9 nitrogen and oxygen atoms in total. The van der Waals surface area contributed by atoms with Gasteiger partial charge in [-0.2, -0.15) is 15.0 Å². The van der Waals surface area contributed by atoms with Gasteiger partial charge in [0.05, 0.1) is 0 Å². The minimum absolute atomic E-state index is 0.280. The largest absolute Gasteiger partial charge is 0.338 e. The molecule has 2 N–H and O–H groups in total. The number of anilines is 4. The molecule has 1 fully saturated rings. The maximum Gasteiger partial charge on any atom is 0.274 e. The van der Waals surface area contributed by atoms with Gasteiger partial charge in [-0.15, -0.1) is 0 Å². The number of aromatic nitrogens is 4. The van der Waals surface area contributed by atoms with E-state index in [1.54, 1.807) is 18.2 Å². The van der Waals surface area contributed by atoms with E-state index in [-0.39, 0.29) is 5.91 Å². The topological polar surface area (TPSA) is 99.2 Å². The highest BCUT2D eigenvalue weighted by Crippen LogP contribution is 2.17. The Morgan fingerprint density at radius 3 is 2.45 bits per heavy atom. The van der Waals surface area contributed by atoms with E-state index in [9.17, 15) is 4.79 Å². The summed E-state index contributed by atoms with van der Waals surface area (Å²) in [6.45, 7) is 5.69.